The van der Waals surface area contributed by atoms with Gasteiger partial charge in [-0.05, 0) is 0 Å². The van der Waals surface area contributed by atoms with Crippen molar-refractivity contribution in [3.63, 3.8) is 0 Å². The fourth-order valence-electron chi connectivity index (χ4n) is 1.95. The minimum Gasteiger partial charge on any atom is -0.279 e. The summed E-state index contributed by atoms with van der Waals surface area (Å²) >= 11 is 7.27. The average molecular weight is 340 g/mol. The van der Waals surface area contributed by atoms with Crippen molar-refractivity contribution in [2.24, 2.45) is 0 Å². The first-order chi connectivity index (χ1) is 9.00. The Morgan fingerprint density at radius 3 is 2.74 bits per heavy atom. The summed E-state index contributed by atoms with van der Waals surface area (Å²) in [4.78, 5) is 4.58. The van der Waals surface area contributed by atoms with E-state index in [0.29, 0.717) is 16.5 Å². The summed E-state index contributed by atoms with van der Waals surface area (Å²) in [6.07, 6.45) is 1.63. The lowest BCUT2D eigenvalue weighted by atomic mass is 10.6. The number of rotatable bonds is 2. The Hall–Kier alpha value is -0.480. The van der Waals surface area contributed by atoms with Crippen LogP contribution in [-0.2, 0) is 20.8 Å². The molecule has 0 aromatic carbocycles. The standard InChI is InChI=1S/C9H10ClN3O3S3/c10-7-8(13-1-4-17-9(13)11-7)19(15,16)12-2-5-18(14)6-3-12/h1,4H,2-3,5-6H2. The molecule has 3 heterocycles. The zero-order chi connectivity index (χ0) is 13.6. The summed E-state index contributed by atoms with van der Waals surface area (Å²) in [5, 5.41) is 1.74. The van der Waals surface area contributed by atoms with Gasteiger partial charge < -0.3 is 0 Å². The number of thiazole rings is 1. The van der Waals surface area contributed by atoms with Crippen molar-refractivity contribution < 1.29 is 12.6 Å². The normalized spacial score (nSPS) is 19.2. The van der Waals surface area contributed by atoms with Crippen LogP contribution >= 0.6 is 22.9 Å². The van der Waals surface area contributed by atoms with Crippen LogP contribution in [-0.4, -0.2) is 50.9 Å². The maximum absolute atomic E-state index is 12.6. The number of imidazole rings is 1. The molecule has 2 aromatic rings. The fraction of sp³-hybridized carbons (Fsp3) is 0.444. The summed E-state index contributed by atoms with van der Waals surface area (Å²) in [7, 11) is -4.62. The van der Waals surface area contributed by atoms with Crippen LogP contribution in [0.2, 0.25) is 5.15 Å². The highest BCUT2D eigenvalue weighted by molar-refractivity contribution is 7.89. The second kappa shape index (κ2) is 4.81. The molecule has 1 aliphatic rings. The number of sulfonamides is 1. The Bertz CT molecular complexity index is 741. The third-order valence-corrected chi connectivity index (χ3v) is 7.23. The fourth-order valence-corrected chi connectivity index (χ4v) is 6.08. The first-order valence-electron chi connectivity index (χ1n) is 5.46. The van der Waals surface area contributed by atoms with Gasteiger partial charge in [0, 0.05) is 47.0 Å². The first-order valence-corrected chi connectivity index (χ1v) is 9.65. The van der Waals surface area contributed by atoms with Crippen molar-refractivity contribution in [2.45, 2.75) is 5.03 Å². The quantitative estimate of drug-likeness (QED) is 0.811. The largest absolute Gasteiger partial charge is 0.279 e. The van der Waals surface area contributed by atoms with E-state index in [-0.39, 0.29) is 23.3 Å². The molecule has 2 aromatic heterocycles. The number of nitrogens with zero attached hydrogens (tertiary/aromatic N) is 3. The monoisotopic (exact) mass is 339 g/mol. The number of aromatic nitrogens is 2. The van der Waals surface area contributed by atoms with Gasteiger partial charge in [-0.2, -0.15) is 4.31 Å². The van der Waals surface area contributed by atoms with E-state index in [9.17, 15) is 12.6 Å². The van der Waals surface area contributed by atoms with Crippen LogP contribution in [0.15, 0.2) is 16.6 Å². The van der Waals surface area contributed by atoms with E-state index in [0.717, 1.165) is 0 Å². The summed E-state index contributed by atoms with van der Waals surface area (Å²) in [6.45, 7) is 0.505. The molecule has 0 aliphatic carbocycles. The van der Waals surface area contributed by atoms with Gasteiger partial charge in [-0.15, -0.1) is 11.3 Å². The predicted molar refractivity (Wildman–Crippen MR) is 74.7 cm³/mol. The molecule has 0 amide bonds. The van der Waals surface area contributed by atoms with Gasteiger partial charge in [0.1, 0.15) is 0 Å². The third-order valence-electron chi connectivity index (χ3n) is 2.90. The van der Waals surface area contributed by atoms with Gasteiger partial charge in [0.2, 0.25) is 0 Å². The van der Waals surface area contributed by atoms with Gasteiger partial charge >= 0.3 is 0 Å². The van der Waals surface area contributed by atoms with Gasteiger partial charge in [0.05, 0.1) is 0 Å². The van der Waals surface area contributed by atoms with Crippen molar-refractivity contribution >= 4 is 48.7 Å². The molecule has 0 N–H and O–H groups in total. The summed E-state index contributed by atoms with van der Waals surface area (Å²) in [5.74, 6) is 0.727. The maximum atomic E-state index is 12.6. The van der Waals surface area contributed by atoms with E-state index in [1.165, 1.54) is 20.0 Å². The van der Waals surface area contributed by atoms with Crippen molar-refractivity contribution in [3.05, 3.63) is 16.7 Å². The Balaban J connectivity index is 2.06. The Morgan fingerprint density at radius 2 is 2.05 bits per heavy atom. The minimum atomic E-state index is -3.70. The molecule has 1 fully saturated rings. The summed E-state index contributed by atoms with van der Waals surface area (Å²) in [5.41, 5.74) is 0. The number of halogens is 1. The van der Waals surface area contributed by atoms with Crippen LogP contribution in [0.25, 0.3) is 4.96 Å². The highest BCUT2D eigenvalue weighted by Crippen LogP contribution is 2.28. The van der Waals surface area contributed by atoms with E-state index in [1.54, 1.807) is 11.6 Å². The van der Waals surface area contributed by atoms with E-state index in [1.807, 2.05) is 0 Å². The summed E-state index contributed by atoms with van der Waals surface area (Å²) in [6, 6.07) is 0. The third kappa shape index (κ3) is 2.23. The lowest BCUT2D eigenvalue weighted by molar-refractivity contribution is 0.436. The smallest absolute Gasteiger partial charge is 0.262 e. The molecule has 0 saturated carbocycles. The predicted octanol–water partition coefficient (Wildman–Crippen LogP) is 0.802. The first kappa shape index (κ1) is 13.5. The molecule has 1 saturated heterocycles. The van der Waals surface area contributed by atoms with Crippen molar-refractivity contribution in [2.75, 3.05) is 24.6 Å². The molecular weight excluding hydrogens is 330 g/mol. The highest BCUT2D eigenvalue weighted by Gasteiger charge is 2.33. The van der Waals surface area contributed by atoms with Crippen molar-refractivity contribution in [3.8, 4) is 0 Å². The van der Waals surface area contributed by atoms with Gasteiger partial charge in [0.25, 0.3) is 10.0 Å². The van der Waals surface area contributed by atoms with Crippen LogP contribution in [0.1, 0.15) is 0 Å². The van der Waals surface area contributed by atoms with E-state index < -0.39 is 20.8 Å². The number of hydrogen-bond acceptors (Lipinski definition) is 5. The minimum absolute atomic E-state index is 0.00176. The van der Waals surface area contributed by atoms with Crippen LogP contribution < -0.4 is 0 Å². The Kier molecular flexibility index (Phi) is 3.42. The van der Waals surface area contributed by atoms with E-state index in [4.69, 9.17) is 11.6 Å². The molecule has 0 bridgehead atoms. The van der Waals surface area contributed by atoms with Crippen LogP contribution in [0.3, 0.4) is 0 Å². The topological polar surface area (TPSA) is 71.8 Å². The Labute approximate surface area is 121 Å². The van der Waals surface area contributed by atoms with E-state index >= 15 is 0 Å². The molecule has 19 heavy (non-hydrogen) atoms. The zero-order valence-electron chi connectivity index (χ0n) is 9.65. The van der Waals surface area contributed by atoms with Crippen molar-refractivity contribution in [1.82, 2.24) is 13.7 Å². The second-order valence-corrected chi connectivity index (χ2v) is 8.80. The molecule has 0 atom stereocenters. The Morgan fingerprint density at radius 1 is 1.37 bits per heavy atom. The molecule has 6 nitrogen and oxygen atoms in total. The molecule has 0 radical (unpaired) electrons. The zero-order valence-corrected chi connectivity index (χ0v) is 12.9. The molecule has 3 rings (SSSR count). The van der Waals surface area contributed by atoms with Crippen LogP contribution in [0.4, 0.5) is 0 Å². The molecule has 1 aliphatic heterocycles. The lowest BCUT2D eigenvalue weighted by Crippen LogP contribution is -2.42. The molecule has 0 spiro atoms. The average Bonchev–Trinajstić information content (AvgIpc) is 2.88. The SMILES string of the molecule is O=S1CCN(S(=O)(=O)c2c(Cl)nc3sccn23)CC1. The number of fused-ring (bicyclic) bond motifs is 1. The van der Waals surface area contributed by atoms with Crippen molar-refractivity contribution in [1.29, 1.82) is 0 Å². The molecule has 0 unspecified atom stereocenters. The van der Waals surface area contributed by atoms with E-state index in [2.05, 4.69) is 4.98 Å². The van der Waals surface area contributed by atoms with Gasteiger partial charge in [-0.3, -0.25) is 8.61 Å². The molecule has 10 heteroatoms. The lowest BCUT2D eigenvalue weighted by Gasteiger charge is -2.25. The van der Waals surface area contributed by atoms with Crippen LogP contribution in [0, 0.1) is 0 Å². The highest BCUT2D eigenvalue weighted by atomic mass is 35.5. The van der Waals surface area contributed by atoms with Gasteiger partial charge in [0.15, 0.2) is 15.1 Å². The summed E-state index contributed by atoms with van der Waals surface area (Å²) < 4.78 is 39.3. The second-order valence-electron chi connectivity index (χ2n) is 4.02. The number of hydrogen-bond donors (Lipinski definition) is 0. The molecular formula is C9H10ClN3O3S3. The maximum Gasteiger partial charge on any atom is 0.262 e. The van der Waals surface area contributed by atoms with Gasteiger partial charge in [-0.25, -0.2) is 13.4 Å². The van der Waals surface area contributed by atoms with Crippen LogP contribution in [0.5, 0.6) is 0 Å². The molecule has 104 valence electrons. The van der Waals surface area contributed by atoms with Gasteiger partial charge in [-0.1, -0.05) is 11.6 Å².